The van der Waals surface area contributed by atoms with E-state index in [0.717, 1.165) is 19.4 Å². The van der Waals surface area contributed by atoms with Crippen molar-refractivity contribution in [3.8, 4) is 0 Å². The number of aryl methyl sites for hydroxylation is 1. The fourth-order valence-corrected chi connectivity index (χ4v) is 2.04. The number of aliphatic hydroxyl groups excluding tert-OH is 2. The summed E-state index contributed by atoms with van der Waals surface area (Å²) in [5.41, 5.74) is 0. The Balaban J connectivity index is 2.80. The summed E-state index contributed by atoms with van der Waals surface area (Å²) >= 11 is 0. The maximum atomic E-state index is 10.1. The SMILES string of the molecule is CCC(CC)C(O)C(O)c1nccn1CC. The van der Waals surface area contributed by atoms with Crippen LogP contribution >= 0.6 is 0 Å². The third-order valence-electron chi connectivity index (χ3n) is 3.21. The molecule has 0 aliphatic heterocycles. The van der Waals surface area contributed by atoms with Gasteiger partial charge in [0, 0.05) is 18.9 Å². The lowest BCUT2D eigenvalue weighted by Crippen LogP contribution is -2.29. The van der Waals surface area contributed by atoms with E-state index in [2.05, 4.69) is 4.98 Å². The summed E-state index contributed by atoms with van der Waals surface area (Å²) in [6, 6.07) is 0. The molecule has 1 rings (SSSR count). The van der Waals surface area contributed by atoms with E-state index < -0.39 is 12.2 Å². The van der Waals surface area contributed by atoms with Crippen LogP contribution in [0, 0.1) is 5.92 Å². The van der Waals surface area contributed by atoms with Crippen LogP contribution < -0.4 is 0 Å². The van der Waals surface area contributed by atoms with Crippen LogP contribution in [0.15, 0.2) is 12.4 Å². The molecule has 0 aliphatic rings. The van der Waals surface area contributed by atoms with E-state index in [-0.39, 0.29) is 5.92 Å². The first kappa shape index (κ1) is 13.2. The predicted molar refractivity (Wildman–Crippen MR) is 62.9 cm³/mol. The zero-order valence-corrected chi connectivity index (χ0v) is 10.3. The van der Waals surface area contributed by atoms with Gasteiger partial charge < -0.3 is 14.8 Å². The smallest absolute Gasteiger partial charge is 0.140 e. The molecule has 0 spiro atoms. The molecule has 0 fully saturated rings. The highest BCUT2D eigenvalue weighted by molar-refractivity contribution is 4.99. The van der Waals surface area contributed by atoms with E-state index in [1.54, 1.807) is 6.20 Å². The van der Waals surface area contributed by atoms with Crippen molar-refractivity contribution in [1.82, 2.24) is 9.55 Å². The molecule has 92 valence electrons. The number of nitrogens with zero attached hydrogens (tertiary/aromatic N) is 2. The van der Waals surface area contributed by atoms with Crippen LogP contribution in [0.25, 0.3) is 0 Å². The van der Waals surface area contributed by atoms with Gasteiger partial charge in [-0.2, -0.15) is 0 Å². The van der Waals surface area contributed by atoms with Crippen molar-refractivity contribution in [3.05, 3.63) is 18.2 Å². The molecule has 1 aromatic heterocycles. The molecular formula is C12H22N2O2. The number of imidazole rings is 1. The third-order valence-corrected chi connectivity index (χ3v) is 3.21. The molecule has 4 heteroatoms. The molecule has 0 saturated heterocycles. The monoisotopic (exact) mass is 226 g/mol. The van der Waals surface area contributed by atoms with Crippen LogP contribution in [0.5, 0.6) is 0 Å². The van der Waals surface area contributed by atoms with E-state index in [4.69, 9.17) is 0 Å². The molecule has 1 aromatic rings. The molecule has 0 bridgehead atoms. The Hall–Kier alpha value is -0.870. The van der Waals surface area contributed by atoms with Gasteiger partial charge in [0.05, 0.1) is 6.10 Å². The molecule has 0 aromatic carbocycles. The number of hydrogen-bond acceptors (Lipinski definition) is 3. The number of aromatic nitrogens is 2. The quantitative estimate of drug-likeness (QED) is 0.776. The van der Waals surface area contributed by atoms with Gasteiger partial charge in [-0.3, -0.25) is 0 Å². The fraction of sp³-hybridized carbons (Fsp3) is 0.750. The zero-order chi connectivity index (χ0) is 12.1. The zero-order valence-electron chi connectivity index (χ0n) is 10.3. The number of hydrogen-bond donors (Lipinski definition) is 2. The third kappa shape index (κ3) is 2.62. The average Bonchev–Trinajstić information content (AvgIpc) is 2.77. The lowest BCUT2D eigenvalue weighted by molar-refractivity contribution is -0.0268. The average molecular weight is 226 g/mol. The summed E-state index contributed by atoms with van der Waals surface area (Å²) in [6.45, 7) is 6.79. The van der Waals surface area contributed by atoms with Crippen molar-refractivity contribution in [2.75, 3.05) is 0 Å². The van der Waals surface area contributed by atoms with Crippen LogP contribution in [0.3, 0.4) is 0 Å². The molecule has 2 unspecified atom stereocenters. The van der Waals surface area contributed by atoms with Gasteiger partial charge in [0.2, 0.25) is 0 Å². The van der Waals surface area contributed by atoms with Crippen LogP contribution in [-0.4, -0.2) is 25.9 Å². The minimum atomic E-state index is -0.889. The van der Waals surface area contributed by atoms with E-state index in [9.17, 15) is 10.2 Å². The lowest BCUT2D eigenvalue weighted by atomic mass is 9.92. The molecule has 0 aliphatic carbocycles. The second-order valence-corrected chi connectivity index (χ2v) is 4.08. The highest BCUT2D eigenvalue weighted by Crippen LogP contribution is 2.24. The molecular weight excluding hydrogens is 204 g/mol. The van der Waals surface area contributed by atoms with Crippen LogP contribution in [0.4, 0.5) is 0 Å². The summed E-state index contributed by atoms with van der Waals surface area (Å²) in [7, 11) is 0. The van der Waals surface area contributed by atoms with Gasteiger partial charge in [0.25, 0.3) is 0 Å². The topological polar surface area (TPSA) is 58.3 Å². The van der Waals surface area contributed by atoms with Gasteiger partial charge in [-0.1, -0.05) is 26.7 Å². The van der Waals surface area contributed by atoms with E-state index in [1.165, 1.54) is 0 Å². The highest BCUT2D eigenvalue weighted by Gasteiger charge is 2.27. The second kappa shape index (κ2) is 6.01. The summed E-state index contributed by atoms with van der Waals surface area (Å²) in [5, 5.41) is 20.2. The Morgan fingerprint density at radius 2 is 1.88 bits per heavy atom. The van der Waals surface area contributed by atoms with Crippen LogP contribution in [-0.2, 0) is 6.54 Å². The minimum Gasteiger partial charge on any atom is -0.390 e. The van der Waals surface area contributed by atoms with Crippen molar-refractivity contribution in [3.63, 3.8) is 0 Å². The Morgan fingerprint density at radius 3 is 2.38 bits per heavy atom. The van der Waals surface area contributed by atoms with Crippen molar-refractivity contribution >= 4 is 0 Å². The summed E-state index contributed by atoms with van der Waals surface area (Å²) in [5.74, 6) is 0.680. The van der Waals surface area contributed by atoms with E-state index in [1.807, 2.05) is 31.5 Å². The first-order valence-corrected chi connectivity index (χ1v) is 6.02. The van der Waals surface area contributed by atoms with Gasteiger partial charge in [0.15, 0.2) is 0 Å². The molecule has 2 N–H and O–H groups in total. The Labute approximate surface area is 96.9 Å². The van der Waals surface area contributed by atoms with E-state index in [0.29, 0.717) is 5.82 Å². The van der Waals surface area contributed by atoms with E-state index >= 15 is 0 Å². The minimum absolute atomic E-state index is 0.122. The van der Waals surface area contributed by atoms with Crippen molar-refractivity contribution < 1.29 is 10.2 Å². The molecule has 16 heavy (non-hydrogen) atoms. The Kier molecular flexibility index (Phi) is 4.96. The first-order chi connectivity index (χ1) is 7.65. The molecule has 2 atom stereocenters. The molecule has 1 heterocycles. The van der Waals surface area contributed by atoms with Crippen molar-refractivity contribution in [2.45, 2.75) is 52.4 Å². The lowest BCUT2D eigenvalue weighted by Gasteiger charge is -2.25. The Morgan fingerprint density at radius 1 is 1.25 bits per heavy atom. The Bertz CT molecular complexity index is 308. The molecule has 0 radical (unpaired) electrons. The largest absolute Gasteiger partial charge is 0.390 e. The maximum absolute atomic E-state index is 10.1. The number of aliphatic hydroxyl groups is 2. The molecule has 0 amide bonds. The van der Waals surface area contributed by atoms with Gasteiger partial charge in [-0.15, -0.1) is 0 Å². The fourth-order valence-electron chi connectivity index (χ4n) is 2.04. The standard InChI is InChI=1S/C12H22N2O2/c1-4-9(5-2)10(15)11(16)12-13-7-8-14(12)6-3/h7-11,15-16H,4-6H2,1-3H3. The first-order valence-electron chi connectivity index (χ1n) is 6.02. The summed E-state index contributed by atoms with van der Waals surface area (Å²) in [4.78, 5) is 4.11. The molecule has 0 saturated carbocycles. The van der Waals surface area contributed by atoms with Crippen LogP contribution in [0.2, 0.25) is 0 Å². The van der Waals surface area contributed by atoms with Crippen LogP contribution in [0.1, 0.15) is 45.5 Å². The number of rotatable bonds is 6. The normalized spacial score (nSPS) is 15.4. The van der Waals surface area contributed by atoms with Crippen molar-refractivity contribution in [2.24, 2.45) is 5.92 Å². The molecule has 4 nitrogen and oxygen atoms in total. The van der Waals surface area contributed by atoms with Gasteiger partial charge in [-0.05, 0) is 12.8 Å². The van der Waals surface area contributed by atoms with Gasteiger partial charge in [-0.25, -0.2) is 4.98 Å². The predicted octanol–water partition coefficient (Wildman–Crippen LogP) is 1.73. The van der Waals surface area contributed by atoms with Crippen molar-refractivity contribution in [1.29, 1.82) is 0 Å². The second-order valence-electron chi connectivity index (χ2n) is 4.08. The van der Waals surface area contributed by atoms with Gasteiger partial charge >= 0.3 is 0 Å². The highest BCUT2D eigenvalue weighted by atomic mass is 16.3. The summed E-state index contributed by atoms with van der Waals surface area (Å²) < 4.78 is 1.86. The maximum Gasteiger partial charge on any atom is 0.140 e. The van der Waals surface area contributed by atoms with Gasteiger partial charge in [0.1, 0.15) is 11.9 Å². The summed E-state index contributed by atoms with van der Waals surface area (Å²) in [6.07, 6.45) is 3.57.